The monoisotopic (exact) mass is 790 g/mol. The highest BCUT2D eigenvalue weighted by Gasteiger charge is 2.15. The highest BCUT2D eigenvalue weighted by atomic mass is 15.0. The zero-order chi connectivity index (χ0) is 41.2. The molecule has 2 aromatic heterocycles. The second kappa shape index (κ2) is 16.0. The van der Waals surface area contributed by atoms with E-state index in [9.17, 15) is 0 Å². The molecule has 0 bridgehead atoms. The molecule has 0 saturated carbocycles. The molecule has 11 aromatic rings. The quantitative estimate of drug-likeness (QED) is 0.144. The first kappa shape index (κ1) is 36.7. The van der Waals surface area contributed by atoms with Gasteiger partial charge in [0, 0.05) is 33.7 Å². The Labute approximate surface area is 360 Å². The predicted octanol–water partition coefficient (Wildman–Crippen LogP) is 14.9. The average Bonchev–Trinajstić information content (AvgIpc) is 3.37. The summed E-state index contributed by atoms with van der Waals surface area (Å²) in [7, 11) is 0. The molecule has 4 nitrogen and oxygen atoms in total. The van der Waals surface area contributed by atoms with E-state index in [1.807, 2.05) is 24.4 Å². The van der Waals surface area contributed by atoms with Gasteiger partial charge in [-0.3, -0.25) is 4.98 Å². The number of hydrogen-bond donors (Lipinski definition) is 0. The number of aromatic nitrogens is 4. The van der Waals surface area contributed by atoms with Crippen molar-refractivity contribution in [2.75, 3.05) is 0 Å². The van der Waals surface area contributed by atoms with Gasteiger partial charge in [0.1, 0.15) is 0 Å². The van der Waals surface area contributed by atoms with Crippen LogP contribution in [0.1, 0.15) is 0 Å². The van der Waals surface area contributed by atoms with Crippen LogP contribution in [0.5, 0.6) is 0 Å². The first-order chi connectivity index (χ1) is 30.7. The Kier molecular flexibility index (Phi) is 9.49. The van der Waals surface area contributed by atoms with E-state index in [1.165, 1.54) is 33.0 Å². The molecule has 0 unspecified atom stereocenters. The third kappa shape index (κ3) is 7.20. The molecule has 4 heteroatoms. The van der Waals surface area contributed by atoms with Crippen LogP contribution < -0.4 is 0 Å². The summed E-state index contributed by atoms with van der Waals surface area (Å²) in [5, 5.41) is 3.52. The van der Waals surface area contributed by atoms with Crippen molar-refractivity contribution in [3.63, 3.8) is 0 Å². The molecule has 0 radical (unpaired) electrons. The smallest absolute Gasteiger partial charge is 0.164 e. The molecule has 0 amide bonds. The van der Waals surface area contributed by atoms with Crippen molar-refractivity contribution in [3.8, 4) is 89.8 Å². The highest BCUT2D eigenvalue weighted by Crippen LogP contribution is 2.36. The maximum atomic E-state index is 5.06. The van der Waals surface area contributed by atoms with Crippen molar-refractivity contribution in [2.24, 2.45) is 0 Å². The summed E-state index contributed by atoms with van der Waals surface area (Å²) in [6.07, 6.45) is 1.87. The number of hydrogen-bond acceptors (Lipinski definition) is 4. The van der Waals surface area contributed by atoms with Gasteiger partial charge in [-0.1, -0.05) is 206 Å². The van der Waals surface area contributed by atoms with E-state index < -0.39 is 0 Å². The lowest BCUT2D eigenvalue weighted by molar-refractivity contribution is 1.07. The largest absolute Gasteiger partial charge is 0.256 e. The van der Waals surface area contributed by atoms with Gasteiger partial charge in [0.15, 0.2) is 17.5 Å². The maximum absolute atomic E-state index is 5.06. The Morgan fingerprint density at radius 1 is 0.242 bits per heavy atom. The van der Waals surface area contributed by atoms with Gasteiger partial charge in [0.25, 0.3) is 0 Å². The van der Waals surface area contributed by atoms with Crippen LogP contribution in [-0.4, -0.2) is 19.9 Å². The average molecular weight is 791 g/mol. The summed E-state index contributed by atoms with van der Waals surface area (Å²) < 4.78 is 0. The normalized spacial score (nSPS) is 11.2. The summed E-state index contributed by atoms with van der Waals surface area (Å²) in [5.41, 5.74) is 15.4. The van der Waals surface area contributed by atoms with Crippen LogP contribution in [0.3, 0.4) is 0 Å². The van der Waals surface area contributed by atoms with E-state index in [2.05, 4.69) is 206 Å². The first-order valence-corrected chi connectivity index (χ1v) is 20.9. The van der Waals surface area contributed by atoms with E-state index >= 15 is 0 Å². The van der Waals surface area contributed by atoms with Crippen molar-refractivity contribution in [1.82, 2.24) is 19.9 Å². The van der Waals surface area contributed by atoms with E-state index in [0.29, 0.717) is 17.5 Å². The van der Waals surface area contributed by atoms with Crippen LogP contribution in [0.2, 0.25) is 0 Å². The number of fused-ring (bicyclic) bond motifs is 3. The van der Waals surface area contributed by atoms with Crippen molar-refractivity contribution in [3.05, 3.63) is 231 Å². The molecule has 0 fully saturated rings. The standard InChI is InChI=1S/C58H38N4/c1-3-11-39(12-4-1)41-22-30-46(31-23-41)56-60-57(47-32-24-42(25-33-47)40-13-5-2-6-14-40)62-58(61-56)48-34-26-44(27-35-48)50-16-9-15-49(37-50)43-20-28-45(29-21-43)54-38-51-17-10-36-59-55(51)53-19-8-7-18-52(53)54/h1-38H. The van der Waals surface area contributed by atoms with Gasteiger partial charge < -0.3 is 0 Å². The van der Waals surface area contributed by atoms with E-state index in [1.54, 1.807) is 0 Å². The summed E-state index contributed by atoms with van der Waals surface area (Å²) in [5.74, 6) is 1.89. The molecule has 9 aromatic carbocycles. The third-order valence-corrected chi connectivity index (χ3v) is 11.6. The molecule has 290 valence electrons. The molecular formula is C58H38N4. The highest BCUT2D eigenvalue weighted by molar-refractivity contribution is 6.12. The van der Waals surface area contributed by atoms with E-state index in [-0.39, 0.29) is 0 Å². The van der Waals surface area contributed by atoms with Crippen LogP contribution in [0, 0.1) is 0 Å². The van der Waals surface area contributed by atoms with Crippen LogP contribution in [-0.2, 0) is 0 Å². The number of rotatable bonds is 8. The molecule has 0 saturated heterocycles. The lowest BCUT2D eigenvalue weighted by atomic mass is 9.93. The predicted molar refractivity (Wildman–Crippen MR) is 256 cm³/mol. The fourth-order valence-corrected chi connectivity index (χ4v) is 8.34. The topological polar surface area (TPSA) is 51.6 Å². The Morgan fingerprint density at radius 2 is 0.613 bits per heavy atom. The summed E-state index contributed by atoms with van der Waals surface area (Å²) >= 11 is 0. The van der Waals surface area contributed by atoms with Crippen molar-refractivity contribution in [2.45, 2.75) is 0 Å². The Bertz CT molecular complexity index is 3240. The van der Waals surface area contributed by atoms with Crippen molar-refractivity contribution in [1.29, 1.82) is 0 Å². The molecule has 0 aliphatic heterocycles. The van der Waals surface area contributed by atoms with Gasteiger partial charge in [-0.15, -0.1) is 0 Å². The SMILES string of the molecule is c1ccc(-c2ccc(-c3nc(-c4ccc(-c5ccccc5)cc4)nc(-c4ccc(-c5cccc(-c6ccc(-c7cc8cccnc8c8ccccc78)cc6)c5)cc4)n3)cc2)cc1. The minimum atomic E-state index is 0.625. The van der Waals surface area contributed by atoms with Crippen LogP contribution in [0.15, 0.2) is 231 Å². The van der Waals surface area contributed by atoms with Gasteiger partial charge in [-0.05, 0) is 79.2 Å². The number of pyridine rings is 1. The lowest BCUT2D eigenvalue weighted by Gasteiger charge is -2.12. The molecule has 62 heavy (non-hydrogen) atoms. The van der Waals surface area contributed by atoms with Crippen LogP contribution in [0.25, 0.3) is 111 Å². The summed E-state index contributed by atoms with van der Waals surface area (Å²) in [6.45, 7) is 0. The van der Waals surface area contributed by atoms with Gasteiger partial charge in [-0.25, -0.2) is 15.0 Å². The first-order valence-electron chi connectivity index (χ1n) is 20.9. The molecule has 0 aliphatic carbocycles. The lowest BCUT2D eigenvalue weighted by Crippen LogP contribution is -2.00. The Balaban J connectivity index is 0.902. The van der Waals surface area contributed by atoms with Gasteiger partial charge in [0.05, 0.1) is 5.52 Å². The zero-order valence-corrected chi connectivity index (χ0v) is 33.7. The molecule has 0 spiro atoms. The fourth-order valence-electron chi connectivity index (χ4n) is 8.34. The number of nitrogens with zero attached hydrogens (tertiary/aromatic N) is 4. The fraction of sp³-hybridized carbons (Fsp3) is 0. The molecule has 0 atom stereocenters. The second-order valence-electron chi connectivity index (χ2n) is 15.5. The summed E-state index contributed by atoms with van der Waals surface area (Å²) in [4.78, 5) is 19.8. The van der Waals surface area contributed by atoms with Crippen LogP contribution in [0.4, 0.5) is 0 Å². The Hall–Kier alpha value is -8.34. The molecule has 0 aliphatic rings. The number of benzene rings is 9. The minimum absolute atomic E-state index is 0.625. The molecule has 11 rings (SSSR count). The van der Waals surface area contributed by atoms with E-state index in [0.717, 1.165) is 61.0 Å². The van der Waals surface area contributed by atoms with Crippen LogP contribution >= 0.6 is 0 Å². The van der Waals surface area contributed by atoms with Crippen molar-refractivity contribution >= 4 is 21.7 Å². The summed E-state index contributed by atoms with van der Waals surface area (Å²) in [6, 6.07) is 78.8. The van der Waals surface area contributed by atoms with E-state index in [4.69, 9.17) is 19.9 Å². The Morgan fingerprint density at radius 3 is 1.10 bits per heavy atom. The minimum Gasteiger partial charge on any atom is -0.256 e. The molecule has 0 N–H and O–H groups in total. The molecule has 2 heterocycles. The van der Waals surface area contributed by atoms with Gasteiger partial charge in [0.2, 0.25) is 0 Å². The third-order valence-electron chi connectivity index (χ3n) is 11.6. The second-order valence-corrected chi connectivity index (χ2v) is 15.5. The maximum Gasteiger partial charge on any atom is 0.164 e. The molecular weight excluding hydrogens is 753 g/mol. The van der Waals surface area contributed by atoms with Crippen molar-refractivity contribution < 1.29 is 0 Å². The zero-order valence-electron chi connectivity index (χ0n) is 33.7. The van der Waals surface area contributed by atoms with Gasteiger partial charge in [-0.2, -0.15) is 0 Å². The van der Waals surface area contributed by atoms with Gasteiger partial charge >= 0.3 is 0 Å².